The van der Waals surface area contributed by atoms with Gasteiger partial charge in [0, 0.05) is 13.7 Å². The number of aliphatic hydroxyl groups excluding tert-OH is 1. The number of ether oxygens (including phenoxy) is 2. The number of carboxylic acids is 1. The molecule has 0 saturated carbocycles. The number of halogens is 3. The van der Waals surface area contributed by atoms with E-state index in [2.05, 4.69) is 0 Å². The second kappa shape index (κ2) is 9.11. The maximum absolute atomic E-state index is 12.3. The molecule has 0 aliphatic rings. The van der Waals surface area contributed by atoms with Crippen molar-refractivity contribution < 1.29 is 37.7 Å². The lowest BCUT2D eigenvalue weighted by molar-refractivity contribution is -0.157. The molecule has 0 heterocycles. The highest BCUT2D eigenvalue weighted by atomic mass is 19.4. The molecule has 0 aliphatic heterocycles. The molecule has 0 fully saturated rings. The van der Waals surface area contributed by atoms with Crippen LogP contribution in [-0.4, -0.2) is 79.4 Å². The molecule has 0 aromatic carbocycles. The van der Waals surface area contributed by atoms with Crippen molar-refractivity contribution >= 4 is 5.97 Å². The van der Waals surface area contributed by atoms with Gasteiger partial charge in [-0.3, -0.25) is 9.69 Å². The summed E-state index contributed by atoms with van der Waals surface area (Å²) in [5, 5.41) is 18.1. The Labute approximate surface area is 115 Å². The predicted octanol–water partition coefficient (Wildman–Crippen LogP) is 0.348. The van der Waals surface area contributed by atoms with Crippen molar-refractivity contribution in [3.63, 3.8) is 0 Å². The second-order valence-electron chi connectivity index (χ2n) is 4.43. The van der Waals surface area contributed by atoms with Gasteiger partial charge in [0.25, 0.3) is 0 Å². The molecular formula is C11H20F3NO5. The number of aliphatic hydroxyl groups is 1. The third-order valence-electron chi connectivity index (χ3n) is 2.21. The van der Waals surface area contributed by atoms with E-state index in [0.29, 0.717) is 4.90 Å². The van der Waals surface area contributed by atoms with Crippen LogP contribution in [-0.2, 0) is 14.3 Å². The molecule has 0 amide bonds. The van der Waals surface area contributed by atoms with Gasteiger partial charge in [0.05, 0.1) is 38.5 Å². The molecule has 2 atom stereocenters. The van der Waals surface area contributed by atoms with Gasteiger partial charge < -0.3 is 19.7 Å². The lowest BCUT2D eigenvalue weighted by atomic mass is 10.3. The standard InChI is InChI=1S/C11H20F3NO5/c1-8(5-19-2)20-6-9(16)3-15(4-10(17)18)7-11(12,13)14/h8-9,16H,3-7H2,1-2H3,(H,17,18). The Kier molecular flexibility index (Phi) is 8.70. The minimum Gasteiger partial charge on any atom is -0.480 e. The fourth-order valence-corrected chi connectivity index (χ4v) is 1.54. The number of hydrogen-bond donors (Lipinski definition) is 2. The summed E-state index contributed by atoms with van der Waals surface area (Å²) in [7, 11) is 1.47. The Morgan fingerprint density at radius 2 is 1.95 bits per heavy atom. The number of carbonyl (C=O) groups is 1. The first-order chi connectivity index (χ1) is 9.14. The normalized spacial score (nSPS) is 15.3. The van der Waals surface area contributed by atoms with Crippen molar-refractivity contribution in [3.8, 4) is 0 Å². The van der Waals surface area contributed by atoms with Gasteiger partial charge in [-0.2, -0.15) is 13.2 Å². The summed E-state index contributed by atoms with van der Waals surface area (Å²) in [6, 6.07) is 0. The van der Waals surface area contributed by atoms with E-state index < -0.39 is 37.9 Å². The number of carboxylic acid groups (broad SMARTS) is 1. The van der Waals surface area contributed by atoms with Crippen molar-refractivity contribution in [2.45, 2.75) is 25.3 Å². The first kappa shape index (κ1) is 19.1. The molecule has 0 rings (SSSR count). The zero-order valence-corrected chi connectivity index (χ0v) is 11.4. The van der Waals surface area contributed by atoms with Gasteiger partial charge in [-0.15, -0.1) is 0 Å². The Hall–Kier alpha value is -0.900. The van der Waals surface area contributed by atoms with Crippen LogP contribution < -0.4 is 0 Å². The van der Waals surface area contributed by atoms with Gasteiger partial charge in [0.1, 0.15) is 0 Å². The lowest BCUT2D eigenvalue weighted by Gasteiger charge is -2.25. The van der Waals surface area contributed by atoms with Gasteiger partial charge in [-0.05, 0) is 6.92 Å². The maximum Gasteiger partial charge on any atom is 0.401 e. The summed E-state index contributed by atoms with van der Waals surface area (Å²) in [4.78, 5) is 11.1. The molecule has 0 spiro atoms. The van der Waals surface area contributed by atoms with Crippen LogP contribution in [0.25, 0.3) is 0 Å². The van der Waals surface area contributed by atoms with Crippen LogP contribution in [0.1, 0.15) is 6.92 Å². The molecule has 0 bridgehead atoms. The molecule has 0 aliphatic carbocycles. The first-order valence-electron chi connectivity index (χ1n) is 5.93. The third-order valence-corrected chi connectivity index (χ3v) is 2.21. The van der Waals surface area contributed by atoms with Crippen LogP contribution in [0.5, 0.6) is 0 Å². The van der Waals surface area contributed by atoms with E-state index in [4.69, 9.17) is 14.6 Å². The molecule has 6 nitrogen and oxygen atoms in total. The summed E-state index contributed by atoms with van der Waals surface area (Å²) in [6.07, 6.45) is -6.06. The zero-order chi connectivity index (χ0) is 15.8. The molecule has 0 aromatic heterocycles. The maximum atomic E-state index is 12.3. The fourth-order valence-electron chi connectivity index (χ4n) is 1.54. The van der Waals surface area contributed by atoms with E-state index in [1.807, 2.05) is 0 Å². The number of rotatable bonds is 10. The summed E-state index contributed by atoms with van der Waals surface area (Å²) in [5.41, 5.74) is 0. The van der Waals surface area contributed by atoms with E-state index in [1.54, 1.807) is 6.92 Å². The average molecular weight is 303 g/mol. The fraction of sp³-hybridized carbons (Fsp3) is 0.909. The molecule has 0 radical (unpaired) electrons. The Balaban J connectivity index is 4.24. The van der Waals surface area contributed by atoms with Crippen LogP contribution in [0, 0.1) is 0 Å². The summed E-state index contributed by atoms with van der Waals surface area (Å²) >= 11 is 0. The summed E-state index contributed by atoms with van der Waals surface area (Å²) in [5.74, 6) is -1.39. The van der Waals surface area contributed by atoms with Crippen molar-refractivity contribution in [1.29, 1.82) is 0 Å². The Morgan fingerprint density at radius 1 is 1.35 bits per heavy atom. The third kappa shape index (κ3) is 11.0. The zero-order valence-electron chi connectivity index (χ0n) is 11.4. The monoisotopic (exact) mass is 303 g/mol. The highest BCUT2D eigenvalue weighted by Crippen LogP contribution is 2.16. The number of alkyl halides is 3. The van der Waals surface area contributed by atoms with Crippen molar-refractivity contribution in [2.24, 2.45) is 0 Å². The number of hydrogen-bond acceptors (Lipinski definition) is 5. The molecule has 0 aromatic rings. The van der Waals surface area contributed by atoms with Crippen LogP contribution in [0.15, 0.2) is 0 Å². The van der Waals surface area contributed by atoms with Gasteiger partial charge >= 0.3 is 12.1 Å². The minimum absolute atomic E-state index is 0.196. The second-order valence-corrected chi connectivity index (χ2v) is 4.43. The minimum atomic E-state index is -4.53. The summed E-state index contributed by atoms with van der Waals surface area (Å²) in [6.45, 7) is -0.868. The Bertz CT molecular complexity index is 288. The van der Waals surface area contributed by atoms with Crippen molar-refractivity contribution in [2.75, 3.05) is 40.0 Å². The predicted molar refractivity (Wildman–Crippen MR) is 63.4 cm³/mol. The van der Waals surface area contributed by atoms with Crippen molar-refractivity contribution in [1.82, 2.24) is 4.90 Å². The number of aliphatic carboxylic acids is 1. The number of methoxy groups -OCH3 is 1. The largest absolute Gasteiger partial charge is 0.480 e. The van der Waals surface area contributed by atoms with Gasteiger partial charge in [-0.25, -0.2) is 0 Å². The molecule has 2 unspecified atom stereocenters. The van der Waals surface area contributed by atoms with Gasteiger partial charge in [0.15, 0.2) is 0 Å². The van der Waals surface area contributed by atoms with E-state index in [1.165, 1.54) is 7.11 Å². The van der Waals surface area contributed by atoms with E-state index in [9.17, 15) is 23.1 Å². The highest BCUT2D eigenvalue weighted by molar-refractivity contribution is 5.69. The van der Waals surface area contributed by atoms with Gasteiger partial charge in [-0.1, -0.05) is 0 Å². The first-order valence-corrected chi connectivity index (χ1v) is 5.93. The quantitative estimate of drug-likeness (QED) is 0.606. The molecule has 0 saturated heterocycles. The molecule has 2 N–H and O–H groups in total. The number of nitrogens with zero attached hydrogens (tertiary/aromatic N) is 1. The van der Waals surface area contributed by atoms with Crippen LogP contribution >= 0.6 is 0 Å². The topological polar surface area (TPSA) is 79.2 Å². The Morgan fingerprint density at radius 3 is 2.40 bits per heavy atom. The molecule has 120 valence electrons. The van der Waals surface area contributed by atoms with Crippen LogP contribution in [0.4, 0.5) is 13.2 Å². The lowest BCUT2D eigenvalue weighted by Crippen LogP contribution is -2.43. The van der Waals surface area contributed by atoms with Gasteiger partial charge in [0.2, 0.25) is 0 Å². The van der Waals surface area contributed by atoms with Crippen LogP contribution in [0.3, 0.4) is 0 Å². The summed E-state index contributed by atoms with van der Waals surface area (Å²) < 4.78 is 46.7. The average Bonchev–Trinajstić information content (AvgIpc) is 2.23. The molecule has 9 heteroatoms. The van der Waals surface area contributed by atoms with E-state index >= 15 is 0 Å². The van der Waals surface area contributed by atoms with Crippen molar-refractivity contribution in [3.05, 3.63) is 0 Å². The highest BCUT2D eigenvalue weighted by Gasteiger charge is 2.32. The molecular weight excluding hydrogens is 283 g/mol. The SMILES string of the molecule is COCC(C)OCC(O)CN(CC(=O)O)CC(F)(F)F. The smallest absolute Gasteiger partial charge is 0.401 e. The van der Waals surface area contributed by atoms with Crippen LogP contribution in [0.2, 0.25) is 0 Å². The van der Waals surface area contributed by atoms with E-state index in [0.717, 1.165) is 0 Å². The molecule has 20 heavy (non-hydrogen) atoms. The van der Waals surface area contributed by atoms with E-state index in [-0.39, 0.29) is 19.3 Å².